The van der Waals surface area contributed by atoms with E-state index in [2.05, 4.69) is 53.4 Å². The van der Waals surface area contributed by atoms with E-state index >= 15 is 0 Å². The second-order valence-electron chi connectivity index (χ2n) is 5.69. The van der Waals surface area contributed by atoms with Gasteiger partial charge in [0.05, 0.1) is 0 Å². The van der Waals surface area contributed by atoms with Gasteiger partial charge < -0.3 is 10.2 Å². The van der Waals surface area contributed by atoms with Crippen molar-refractivity contribution in [2.24, 2.45) is 0 Å². The predicted molar refractivity (Wildman–Crippen MR) is 81.4 cm³/mol. The second-order valence-corrected chi connectivity index (χ2v) is 5.69. The van der Waals surface area contributed by atoms with Gasteiger partial charge in [0, 0.05) is 32.2 Å². The summed E-state index contributed by atoms with van der Waals surface area (Å²) in [6.45, 7) is 8.01. The lowest BCUT2D eigenvalue weighted by atomic mass is 10.0. The van der Waals surface area contributed by atoms with E-state index in [-0.39, 0.29) is 0 Å². The first kappa shape index (κ1) is 14.5. The van der Waals surface area contributed by atoms with Gasteiger partial charge in [0.2, 0.25) is 0 Å². The fourth-order valence-corrected chi connectivity index (χ4v) is 2.72. The van der Waals surface area contributed by atoms with Gasteiger partial charge in [-0.1, -0.05) is 24.3 Å². The maximum Gasteiger partial charge on any atom is 0.0237 e. The molecule has 1 aliphatic heterocycles. The highest BCUT2D eigenvalue weighted by molar-refractivity contribution is 5.27. The van der Waals surface area contributed by atoms with Gasteiger partial charge in [-0.25, -0.2) is 0 Å². The van der Waals surface area contributed by atoms with Gasteiger partial charge in [0.25, 0.3) is 0 Å². The molecule has 19 heavy (non-hydrogen) atoms. The third-order valence-electron chi connectivity index (χ3n) is 4.20. The normalized spacial score (nSPS) is 21.7. The second kappa shape index (κ2) is 7.04. The van der Waals surface area contributed by atoms with E-state index in [4.69, 9.17) is 0 Å². The summed E-state index contributed by atoms with van der Waals surface area (Å²) >= 11 is 0. The van der Waals surface area contributed by atoms with Crippen LogP contribution in [0.4, 0.5) is 0 Å². The Bertz CT molecular complexity index is 391. The molecule has 3 heteroatoms. The van der Waals surface area contributed by atoms with Crippen molar-refractivity contribution < 1.29 is 0 Å². The van der Waals surface area contributed by atoms with E-state index in [1.165, 1.54) is 30.8 Å². The van der Waals surface area contributed by atoms with Crippen LogP contribution in [0.1, 0.15) is 18.1 Å². The molecule has 2 rings (SSSR count). The molecule has 0 aliphatic carbocycles. The minimum absolute atomic E-state index is 0.665. The molecule has 0 radical (unpaired) electrons. The van der Waals surface area contributed by atoms with Crippen LogP contribution in [0, 0.1) is 0 Å². The van der Waals surface area contributed by atoms with Crippen molar-refractivity contribution in [2.75, 3.05) is 40.3 Å². The first-order valence-corrected chi connectivity index (χ1v) is 7.34. The van der Waals surface area contributed by atoms with Crippen molar-refractivity contribution >= 4 is 0 Å². The third kappa shape index (κ3) is 4.03. The Labute approximate surface area is 117 Å². The fourth-order valence-electron chi connectivity index (χ4n) is 2.72. The molecule has 1 aromatic rings. The van der Waals surface area contributed by atoms with E-state index in [0.29, 0.717) is 6.04 Å². The minimum Gasteiger partial charge on any atom is -0.319 e. The Morgan fingerprint density at radius 2 is 1.95 bits per heavy atom. The van der Waals surface area contributed by atoms with Crippen LogP contribution >= 0.6 is 0 Å². The first-order valence-electron chi connectivity index (χ1n) is 7.34. The van der Waals surface area contributed by atoms with Crippen LogP contribution in [-0.4, -0.2) is 56.1 Å². The number of hydrogen-bond donors (Lipinski definition) is 1. The van der Waals surface area contributed by atoms with Crippen molar-refractivity contribution in [1.82, 2.24) is 15.1 Å². The molecule has 1 unspecified atom stereocenters. The van der Waals surface area contributed by atoms with E-state index in [0.717, 1.165) is 19.5 Å². The van der Waals surface area contributed by atoms with Crippen molar-refractivity contribution in [2.45, 2.75) is 25.9 Å². The molecule has 1 saturated heterocycles. The predicted octanol–water partition coefficient (Wildman–Crippen LogP) is 1.58. The summed E-state index contributed by atoms with van der Waals surface area (Å²) in [5, 5.41) is 3.24. The standard InChI is InChI=1S/C16H27N3/c1-14-12-19(11-10-18(14)3)13-16-7-5-4-6-15(16)8-9-17-2/h4-7,14,17H,8-13H2,1-3H3. The Morgan fingerprint density at radius 3 is 2.63 bits per heavy atom. The van der Waals surface area contributed by atoms with Gasteiger partial charge in [0.15, 0.2) is 0 Å². The van der Waals surface area contributed by atoms with Crippen molar-refractivity contribution in [1.29, 1.82) is 0 Å². The van der Waals surface area contributed by atoms with E-state index < -0.39 is 0 Å². The molecule has 0 aromatic heterocycles. The van der Waals surface area contributed by atoms with Crippen LogP contribution in [0.2, 0.25) is 0 Å². The molecule has 1 heterocycles. The Balaban J connectivity index is 1.98. The van der Waals surface area contributed by atoms with Crippen molar-refractivity contribution in [3.8, 4) is 0 Å². The van der Waals surface area contributed by atoms with Crippen LogP contribution in [-0.2, 0) is 13.0 Å². The quantitative estimate of drug-likeness (QED) is 0.868. The van der Waals surface area contributed by atoms with Crippen molar-refractivity contribution in [3.63, 3.8) is 0 Å². The summed E-state index contributed by atoms with van der Waals surface area (Å²) in [5.41, 5.74) is 2.98. The topological polar surface area (TPSA) is 18.5 Å². The number of nitrogens with one attached hydrogen (secondary N) is 1. The highest BCUT2D eigenvalue weighted by Crippen LogP contribution is 2.15. The minimum atomic E-state index is 0.665. The summed E-state index contributed by atoms with van der Waals surface area (Å²) in [7, 11) is 4.24. The summed E-state index contributed by atoms with van der Waals surface area (Å²) in [4.78, 5) is 5.03. The summed E-state index contributed by atoms with van der Waals surface area (Å²) < 4.78 is 0. The van der Waals surface area contributed by atoms with Gasteiger partial charge in [-0.2, -0.15) is 0 Å². The smallest absolute Gasteiger partial charge is 0.0237 e. The molecule has 0 spiro atoms. The maximum absolute atomic E-state index is 3.24. The molecule has 106 valence electrons. The zero-order valence-electron chi connectivity index (χ0n) is 12.5. The largest absolute Gasteiger partial charge is 0.319 e. The zero-order chi connectivity index (χ0) is 13.7. The lowest BCUT2D eigenvalue weighted by Gasteiger charge is -2.38. The Morgan fingerprint density at radius 1 is 1.21 bits per heavy atom. The van der Waals surface area contributed by atoms with Crippen molar-refractivity contribution in [3.05, 3.63) is 35.4 Å². The molecule has 1 aromatic carbocycles. The number of likely N-dealkylation sites (N-methyl/N-ethyl adjacent to an activating group) is 2. The van der Waals surface area contributed by atoms with Crippen LogP contribution < -0.4 is 5.32 Å². The number of hydrogen-bond acceptors (Lipinski definition) is 3. The maximum atomic E-state index is 3.24. The van der Waals surface area contributed by atoms with Gasteiger partial charge in [-0.15, -0.1) is 0 Å². The SMILES string of the molecule is CNCCc1ccccc1CN1CCN(C)C(C)C1. The molecule has 1 aliphatic rings. The van der Waals surface area contributed by atoms with Crippen LogP contribution in [0.3, 0.4) is 0 Å². The van der Waals surface area contributed by atoms with E-state index in [9.17, 15) is 0 Å². The number of piperazine rings is 1. The van der Waals surface area contributed by atoms with Crippen LogP contribution in [0.15, 0.2) is 24.3 Å². The molecule has 0 bridgehead atoms. The molecule has 1 N–H and O–H groups in total. The number of rotatable bonds is 5. The lowest BCUT2D eigenvalue weighted by molar-refractivity contribution is 0.0998. The molecule has 1 atom stereocenters. The molecule has 0 amide bonds. The average molecular weight is 261 g/mol. The summed E-state index contributed by atoms with van der Waals surface area (Å²) in [6.07, 6.45) is 1.12. The summed E-state index contributed by atoms with van der Waals surface area (Å²) in [6, 6.07) is 9.54. The molecule has 3 nitrogen and oxygen atoms in total. The Hall–Kier alpha value is -0.900. The molecular formula is C16H27N3. The lowest BCUT2D eigenvalue weighted by Crippen LogP contribution is -2.49. The molecular weight excluding hydrogens is 234 g/mol. The average Bonchev–Trinajstić information content (AvgIpc) is 2.42. The fraction of sp³-hybridized carbons (Fsp3) is 0.625. The monoisotopic (exact) mass is 261 g/mol. The zero-order valence-corrected chi connectivity index (χ0v) is 12.5. The highest BCUT2D eigenvalue weighted by atomic mass is 15.3. The van der Waals surface area contributed by atoms with Crippen LogP contribution in [0.5, 0.6) is 0 Å². The van der Waals surface area contributed by atoms with Gasteiger partial charge in [-0.05, 0) is 45.1 Å². The summed E-state index contributed by atoms with van der Waals surface area (Å²) in [5.74, 6) is 0. The number of nitrogens with zero attached hydrogens (tertiary/aromatic N) is 2. The number of benzene rings is 1. The van der Waals surface area contributed by atoms with Gasteiger partial charge in [-0.3, -0.25) is 4.90 Å². The van der Waals surface area contributed by atoms with E-state index in [1.54, 1.807) is 0 Å². The molecule has 0 saturated carbocycles. The van der Waals surface area contributed by atoms with Crippen LogP contribution in [0.25, 0.3) is 0 Å². The molecule has 1 fully saturated rings. The third-order valence-corrected chi connectivity index (χ3v) is 4.20. The highest BCUT2D eigenvalue weighted by Gasteiger charge is 2.20. The first-order chi connectivity index (χ1) is 9.20. The van der Waals surface area contributed by atoms with E-state index in [1.807, 2.05) is 7.05 Å². The Kier molecular flexibility index (Phi) is 5.37. The van der Waals surface area contributed by atoms with Gasteiger partial charge in [0.1, 0.15) is 0 Å². The van der Waals surface area contributed by atoms with Gasteiger partial charge >= 0.3 is 0 Å².